The van der Waals surface area contributed by atoms with Gasteiger partial charge in [-0.3, -0.25) is 9.59 Å². The van der Waals surface area contributed by atoms with Gasteiger partial charge in [-0.1, -0.05) is 49.4 Å². The number of fused-ring (bicyclic) bond motifs is 2. The van der Waals surface area contributed by atoms with E-state index in [9.17, 15) is 24.3 Å². The number of carbonyl (C=O) groups is 4. The highest BCUT2D eigenvalue weighted by molar-refractivity contribution is 6.23. The number of likely N-dealkylation sites (N-methyl/N-ethyl adjacent to an activating group) is 1. The lowest BCUT2D eigenvalue weighted by Gasteiger charge is -2.39. The number of esters is 3. The Bertz CT molecular complexity index is 971. The number of ketones is 1. The molecule has 2 aliphatic rings. The molecule has 0 unspecified atom stereocenters. The fourth-order valence-corrected chi connectivity index (χ4v) is 4.17. The second-order valence-corrected chi connectivity index (χ2v) is 10.3. The monoisotopic (exact) mass is 537 g/mol. The molecular weight excluding hydrogens is 502 g/mol. The first-order chi connectivity index (χ1) is 17.3. The molecule has 204 valence electrons. The van der Waals surface area contributed by atoms with Crippen LogP contribution in [0.1, 0.15) is 40.5 Å². The molecule has 0 amide bonds. The van der Waals surface area contributed by atoms with Crippen LogP contribution in [0.3, 0.4) is 0 Å². The molecule has 0 spiro atoms. The largest absolute Gasteiger partial charge is 0.458 e. The van der Waals surface area contributed by atoms with Crippen molar-refractivity contribution in [3.63, 3.8) is 0 Å². The van der Waals surface area contributed by atoms with Crippen LogP contribution in [-0.2, 0) is 33.4 Å². The van der Waals surface area contributed by atoms with Crippen molar-refractivity contribution in [2.45, 2.75) is 63.2 Å². The summed E-state index contributed by atoms with van der Waals surface area (Å²) >= 11 is 6.16. The summed E-state index contributed by atoms with van der Waals surface area (Å²) in [6.45, 7) is 5.95. The highest BCUT2D eigenvalue weighted by Crippen LogP contribution is 2.35. The fraction of sp³-hybridized carbons (Fsp3) is 0.556. The lowest BCUT2D eigenvalue weighted by atomic mass is 9.79. The summed E-state index contributed by atoms with van der Waals surface area (Å²) < 4.78 is 16.1. The number of halogens is 1. The molecule has 2 aliphatic heterocycles. The second kappa shape index (κ2) is 13.2. The molecule has 2 heterocycles. The molecule has 5 atom stereocenters. The first-order valence-electron chi connectivity index (χ1n) is 12.2. The van der Waals surface area contributed by atoms with Gasteiger partial charge in [0.15, 0.2) is 11.7 Å². The van der Waals surface area contributed by atoms with Gasteiger partial charge in [0.1, 0.15) is 6.61 Å². The van der Waals surface area contributed by atoms with Crippen molar-refractivity contribution in [2.75, 3.05) is 26.7 Å². The van der Waals surface area contributed by atoms with E-state index in [0.717, 1.165) is 6.92 Å². The summed E-state index contributed by atoms with van der Waals surface area (Å²) in [6, 6.07) is 12.0. The predicted molar refractivity (Wildman–Crippen MR) is 137 cm³/mol. The highest BCUT2D eigenvalue weighted by Gasteiger charge is 2.52. The van der Waals surface area contributed by atoms with Crippen molar-refractivity contribution in [3.8, 4) is 0 Å². The van der Waals surface area contributed by atoms with Gasteiger partial charge in [0.05, 0.1) is 5.38 Å². The third kappa shape index (κ3) is 7.87. The van der Waals surface area contributed by atoms with E-state index in [4.69, 9.17) is 25.8 Å². The Morgan fingerprint density at radius 1 is 1.16 bits per heavy atom. The number of hydrogen-bond acceptors (Lipinski definition) is 9. The van der Waals surface area contributed by atoms with E-state index in [1.165, 1.54) is 20.8 Å². The SMILES string of the molecule is CC(=O)O[C@@]1(C)C(=O)OC/C2=C/CN(C)CC[C@@H](OC(=O)[C@@](O)([C@H](C)Cl)C[C@H]1C)C2=O.c1ccccc1. The van der Waals surface area contributed by atoms with E-state index in [1.54, 1.807) is 6.08 Å². The summed E-state index contributed by atoms with van der Waals surface area (Å²) in [4.78, 5) is 52.6. The molecule has 0 aromatic heterocycles. The predicted octanol–water partition coefficient (Wildman–Crippen LogP) is 2.68. The van der Waals surface area contributed by atoms with Crippen molar-refractivity contribution in [3.05, 3.63) is 48.0 Å². The molecule has 9 nitrogen and oxygen atoms in total. The van der Waals surface area contributed by atoms with Gasteiger partial charge in [0.2, 0.25) is 11.4 Å². The number of carbonyl (C=O) groups excluding carboxylic acids is 4. The van der Waals surface area contributed by atoms with E-state index < -0.39 is 52.3 Å². The molecular formula is C27H36ClNO8. The minimum Gasteiger partial charge on any atom is -0.458 e. The van der Waals surface area contributed by atoms with E-state index in [1.807, 2.05) is 48.3 Å². The Hall–Kier alpha value is -2.75. The number of benzene rings is 1. The van der Waals surface area contributed by atoms with Crippen LogP contribution in [0.2, 0.25) is 0 Å². The minimum atomic E-state index is -2.24. The quantitative estimate of drug-likeness (QED) is 0.345. The number of Topliss-reactive ketones (excluding diaryl/α,β-unsaturated/α-hetero) is 1. The van der Waals surface area contributed by atoms with Crippen LogP contribution in [0.4, 0.5) is 0 Å². The Balaban J connectivity index is 0.000000700. The van der Waals surface area contributed by atoms with E-state index in [2.05, 4.69) is 0 Å². The molecule has 0 saturated carbocycles. The number of cyclic esters (lactones) is 1. The molecule has 3 rings (SSSR count). The first-order valence-corrected chi connectivity index (χ1v) is 12.6. The molecule has 10 heteroatoms. The minimum absolute atomic E-state index is 0.151. The first kappa shape index (κ1) is 30.5. The zero-order valence-electron chi connectivity index (χ0n) is 21.9. The molecule has 1 saturated heterocycles. The van der Waals surface area contributed by atoms with Gasteiger partial charge in [0, 0.05) is 37.9 Å². The maximum Gasteiger partial charge on any atom is 0.350 e. The normalized spacial score (nSPS) is 31.8. The summed E-state index contributed by atoms with van der Waals surface area (Å²) in [7, 11) is 1.83. The highest BCUT2D eigenvalue weighted by atomic mass is 35.5. The van der Waals surface area contributed by atoms with E-state index >= 15 is 0 Å². The zero-order chi connectivity index (χ0) is 27.8. The molecule has 1 aromatic carbocycles. The van der Waals surface area contributed by atoms with Crippen molar-refractivity contribution < 1.29 is 38.5 Å². The molecule has 1 fully saturated rings. The second-order valence-electron chi connectivity index (χ2n) is 9.62. The number of ether oxygens (including phenoxy) is 3. The molecule has 37 heavy (non-hydrogen) atoms. The molecule has 0 aliphatic carbocycles. The van der Waals surface area contributed by atoms with Crippen molar-refractivity contribution in [2.24, 2.45) is 5.92 Å². The van der Waals surface area contributed by atoms with Crippen LogP contribution in [0, 0.1) is 5.92 Å². The number of alkyl halides is 1. The van der Waals surface area contributed by atoms with Crippen molar-refractivity contribution >= 4 is 35.3 Å². The van der Waals surface area contributed by atoms with Gasteiger partial charge in [-0.2, -0.15) is 0 Å². The number of aliphatic hydroxyl groups is 1. The van der Waals surface area contributed by atoms with E-state index in [0.29, 0.717) is 13.1 Å². The van der Waals surface area contributed by atoms with Gasteiger partial charge in [-0.25, -0.2) is 9.59 Å². The van der Waals surface area contributed by atoms with Gasteiger partial charge < -0.3 is 24.2 Å². The molecule has 1 N–H and O–H groups in total. The summed E-state index contributed by atoms with van der Waals surface area (Å²) in [5, 5.41) is 10.0. The van der Waals surface area contributed by atoms with Crippen molar-refractivity contribution in [1.29, 1.82) is 0 Å². The summed E-state index contributed by atoms with van der Waals surface area (Å²) in [6.07, 6.45) is 0.292. The van der Waals surface area contributed by atoms with Gasteiger partial charge in [-0.05, 0) is 27.3 Å². The third-order valence-electron chi connectivity index (χ3n) is 6.64. The summed E-state index contributed by atoms with van der Waals surface area (Å²) in [5.41, 5.74) is -3.91. The number of rotatable bonds is 2. The number of nitrogens with zero attached hydrogens (tertiary/aromatic N) is 1. The van der Waals surface area contributed by atoms with Crippen LogP contribution >= 0.6 is 11.6 Å². The molecule has 0 radical (unpaired) electrons. The maximum atomic E-state index is 13.0. The zero-order valence-corrected chi connectivity index (χ0v) is 22.7. The average molecular weight is 538 g/mol. The third-order valence-corrected chi connectivity index (χ3v) is 7.00. The lowest BCUT2D eigenvalue weighted by Crippen LogP contribution is -2.56. The van der Waals surface area contributed by atoms with Gasteiger partial charge >= 0.3 is 17.9 Å². The topological polar surface area (TPSA) is 119 Å². The van der Waals surface area contributed by atoms with Gasteiger partial charge in [-0.15, -0.1) is 11.6 Å². The Morgan fingerprint density at radius 3 is 2.24 bits per heavy atom. The van der Waals surface area contributed by atoms with Crippen LogP contribution in [0.15, 0.2) is 48.0 Å². The maximum absolute atomic E-state index is 13.0. The fourth-order valence-electron chi connectivity index (χ4n) is 3.99. The smallest absolute Gasteiger partial charge is 0.350 e. The number of hydrogen-bond donors (Lipinski definition) is 1. The lowest BCUT2D eigenvalue weighted by molar-refractivity contribution is -0.192. The van der Waals surface area contributed by atoms with E-state index in [-0.39, 0.29) is 25.0 Å². The van der Waals surface area contributed by atoms with Crippen LogP contribution in [-0.4, -0.2) is 83.1 Å². The molecule has 2 bridgehead atoms. The van der Waals surface area contributed by atoms with Crippen LogP contribution in [0.5, 0.6) is 0 Å². The standard InChI is InChI=1S/C21H30ClNO8.C6H6/c1-12-10-21(28,13(2)22)19(27)30-16-7-9-23(5)8-6-15(17(16)25)11-29-18(26)20(12,4)31-14(3)24;1-2-4-6-5-3-1/h6,12-13,16,28H,7-11H2,1-5H3;1-6H/b15-6-;/t12-,13+,16-,20-,21+;/m1./s1. The Labute approximate surface area is 222 Å². The molecule has 1 aromatic rings. The van der Waals surface area contributed by atoms with Crippen LogP contribution < -0.4 is 0 Å². The van der Waals surface area contributed by atoms with Crippen molar-refractivity contribution in [1.82, 2.24) is 4.90 Å². The summed E-state index contributed by atoms with van der Waals surface area (Å²) in [5.74, 6) is -4.09. The van der Waals surface area contributed by atoms with Gasteiger partial charge in [0.25, 0.3) is 0 Å². The Kier molecular flexibility index (Phi) is 10.8. The Morgan fingerprint density at radius 2 is 1.73 bits per heavy atom. The van der Waals surface area contributed by atoms with Crippen LogP contribution in [0.25, 0.3) is 0 Å². The average Bonchev–Trinajstić information content (AvgIpc) is 2.85.